The van der Waals surface area contributed by atoms with Gasteiger partial charge in [-0.05, 0) is 31.0 Å². The number of aromatic nitrogens is 6. The number of H-pyrrole nitrogens is 1. The van der Waals surface area contributed by atoms with E-state index in [4.69, 9.17) is 4.42 Å². The lowest BCUT2D eigenvalue weighted by molar-refractivity contribution is -0.0490. The number of hydrogen-bond donors (Lipinski definition) is 1. The Morgan fingerprint density at radius 3 is 3.00 bits per heavy atom. The Morgan fingerprint density at radius 1 is 1.31 bits per heavy atom. The van der Waals surface area contributed by atoms with Crippen molar-refractivity contribution in [3.63, 3.8) is 0 Å². The van der Waals surface area contributed by atoms with Gasteiger partial charge in [-0.3, -0.25) is 4.79 Å². The van der Waals surface area contributed by atoms with E-state index in [-0.39, 0.29) is 17.6 Å². The van der Waals surface area contributed by atoms with Crippen molar-refractivity contribution < 1.29 is 22.7 Å². The maximum absolute atomic E-state index is 13.3. The summed E-state index contributed by atoms with van der Waals surface area (Å²) in [6.45, 7) is -2.60. The molecule has 1 atom stereocenters. The minimum Gasteiger partial charge on any atom is -0.433 e. The van der Waals surface area contributed by atoms with Crippen LogP contribution < -0.4 is 4.74 Å². The quantitative estimate of drug-likeness (QED) is 0.506. The SMILES string of the molecule is O=C(c1nnc(C2CC2)o1)N1CCc2[nH]cnc2[C@@H]1c1cc2c(OC(F)F)cccn2n1. The van der Waals surface area contributed by atoms with Crippen LogP contribution in [0.3, 0.4) is 0 Å². The minimum atomic E-state index is -2.97. The van der Waals surface area contributed by atoms with E-state index in [9.17, 15) is 13.6 Å². The van der Waals surface area contributed by atoms with Crippen LogP contribution in [0.5, 0.6) is 5.75 Å². The number of aromatic amines is 1. The maximum Gasteiger partial charge on any atom is 0.387 e. The summed E-state index contributed by atoms with van der Waals surface area (Å²) >= 11 is 0. The van der Waals surface area contributed by atoms with Crippen molar-refractivity contribution >= 4 is 11.4 Å². The molecule has 0 unspecified atom stereocenters. The zero-order chi connectivity index (χ0) is 21.8. The number of halogens is 2. The summed E-state index contributed by atoms with van der Waals surface area (Å²) in [7, 11) is 0. The van der Waals surface area contributed by atoms with Gasteiger partial charge in [-0.25, -0.2) is 9.50 Å². The molecule has 1 amide bonds. The average Bonchev–Trinajstić information content (AvgIpc) is 3.19. The molecular formula is C20H17F2N7O3. The first kappa shape index (κ1) is 18.9. The van der Waals surface area contributed by atoms with Gasteiger partial charge in [0.25, 0.3) is 0 Å². The smallest absolute Gasteiger partial charge is 0.387 e. The van der Waals surface area contributed by atoms with E-state index in [0.717, 1.165) is 18.5 Å². The molecule has 1 aliphatic heterocycles. The van der Waals surface area contributed by atoms with Crippen molar-refractivity contribution in [1.82, 2.24) is 34.7 Å². The normalized spacial score (nSPS) is 18.3. The van der Waals surface area contributed by atoms with Gasteiger partial charge in [0.2, 0.25) is 5.89 Å². The molecule has 0 radical (unpaired) electrons. The van der Waals surface area contributed by atoms with Gasteiger partial charge in [-0.1, -0.05) is 0 Å². The number of alkyl halides is 2. The summed E-state index contributed by atoms with van der Waals surface area (Å²) in [5.41, 5.74) is 2.32. The zero-order valence-electron chi connectivity index (χ0n) is 16.6. The Hall–Kier alpha value is -3.83. The summed E-state index contributed by atoms with van der Waals surface area (Å²) in [5, 5.41) is 12.5. The number of hydrogen-bond acceptors (Lipinski definition) is 7. The fraction of sp³-hybridized carbons (Fsp3) is 0.350. The number of ether oxygens (including phenoxy) is 1. The second kappa shape index (κ2) is 7.11. The molecule has 4 aromatic rings. The highest BCUT2D eigenvalue weighted by Gasteiger charge is 2.39. The molecule has 1 fully saturated rings. The molecule has 1 N–H and O–H groups in total. The zero-order valence-corrected chi connectivity index (χ0v) is 16.6. The molecule has 164 valence electrons. The Morgan fingerprint density at radius 2 is 2.19 bits per heavy atom. The molecule has 12 heteroatoms. The molecule has 0 spiro atoms. The van der Waals surface area contributed by atoms with E-state index in [1.165, 1.54) is 10.6 Å². The molecule has 32 heavy (non-hydrogen) atoms. The number of nitrogens with zero attached hydrogens (tertiary/aromatic N) is 6. The Kier molecular flexibility index (Phi) is 4.20. The number of pyridine rings is 1. The number of carbonyl (C=O) groups is 1. The predicted octanol–water partition coefficient (Wildman–Crippen LogP) is 2.71. The van der Waals surface area contributed by atoms with Crippen LogP contribution in [0.2, 0.25) is 0 Å². The van der Waals surface area contributed by atoms with Gasteiger partial charge in [0, 0.05) is 30.8 Å². The van der Waals surface area contributed by atoms with Crippen LogP contribution >= 0.6 is 0 Å². The summed E-state index contributed by atoms with van der Waals surface area (Å²) in [6.07, 6.45) is 5.70. The second-order valence-corrected chi connectivity index (χ2v) is 7.79. The van der Waals surface area contributed by atoms with Crippen LogP contribution in [-0.4, -0.2) is 53.7 Å². The maximum atomic E-state index is 13.3. The largest absolute Gasteiger partial charge is 0.433 e. The van der Waals surface area contributed by atoms with Crippen LogP contribution in [-0.2, 0) is 6.42 Å². The van der Waals surface area contributed by atoms with Crippen LogP contribution in [0.1, 0.15) is 58.5 Å². The fourth-order valence-electron chi connectivity index (χ4n) is 4.07. The van der Waals surface area contributed by atoms with E-state index in [1.54, 1.807) is 29.6 Å². The molecule has 4 aromatic heterocycles. The van der Waals surface area contributed by atoms with Gasteiger partial charge in [0.1, 0.15) is 11.6 Å². The van der Waals surface area contributed by atoms with Gasteiger partial charge in [-0.15, -0.1) is 10.2 Å². The van der Waals surface area contributed by atoms with Crippen molar-refractivity contribution in [2.24, 2.45) is 0 Å². The highest BCUT2D eigenvalue weighted by molar-refractivity contribution is 5.90. The molecular weight excluding hydrogens is 424 g/mol. The molecule has 6 rings (SSSR count). The minimum absolute atomic E-state index is 0.0110. The molecule has 1 aliphatic carbocycles. The molecule has 5 heterocycles. The number of imidazole rings is 1. The highest BCUT2D eigenvalue weighted by Crippen LogP contribution is 2.40. The highest BCUT2D eigenvalue weighted by atomic mass is 19.3. The average molecular weight is 441 g/mol. The van der Waals surface area contributed by atoms with Crippen LogP contribution in [0, 0.1) is 0 Å². The third-order valence-electron chi connectivity index (χ3n) is 5.71. The van der Waals surface area contributed by atoms with E-state index in [0.29, 0.717) is 35.8 Å². The molecule has 2 aliphatic rings. The first-order valence-corrected chi connectivity index (χ1v) is 10.2. The topological polar surface area (TPSA) is 114 Å². The van der Waals surface area contributed by atoms with Crippen molar-refractivity contribution in [1.29, 1.82) is 0 Å². The Bertz CT molecular complexity index is 1310. The number of nitrogens with one attached hydrogen (secondary N) is 1. The van der Waals surface area contributed by atoms with Crippen molar-refractivity contribution in [3.05, 3.63) is 59.6 Å². The first-order chi connectivity index (χ1) is 15.6. The van der Waals surface area contributed by atoms with Crippen LogP contribution in [0.25, 0.3) is 5.52 Å². The number of amides is 1. The summed E-state index contributed by atoms with van der Waals surface area (Å²) in [5.74, 6) is 0.184. The molecule has 10 nitrogen and oxygen atoms in total. The standard InChI is InChI=1S/C20H17F2N7O3/c21-20(22)31-14-2-1-6-29-13(14)8-12(27-29)16-15-11(23-9-24-15)5-7-28(16)19(30)18-26-25-17(32-18)10-3-4-10/h1-2,6,8-10,16,20H,3-5,7H2,(H,23,24)/t16-/m0/s1. The second-order valence-electron chi connectivity index (χ2n) is 7.79. The third-order valence-corrected chi connectivity index (χ3v) is 5.71. The number of carbonyl (C=O) groups excluding carboxylic acids is 1. The lowest BCUT2D eigenvalue weighted by Crippen LogP contribution is -2.41. The van der Waals surface area contributed by atoms with E-state index in [1.807, 2.05) is 0 Å². The number of fused-ring (bicyclic) bond motifs is 2. The van der Waals surface area contributed by atoms with Gasteiger partial charge in [-0.2, -0.15) is 13.9 Å². The van der Waals surface area contributed by atoms with Gasteiger partial charge in [0.15, 0.2) is 5.75 Å². The molecule has 0 saturated heterocycles. The lowest BCUT2D eigenvalue weighted by atomic mass is 9.99. The van der Waals surface area contributed by atoms with Gasteiger partial charge in [0.05, 0.1) is 17.7 Å². The van der Waals surface area contributed by atoms with Crippen LogP contribution in [0.15, 0.2) is 35.1 Å². The predicted molar refractivity (Wildman–Crippen MR) is 103 cm³/mol. The van der Waals surface area contributed by atoms with E-state index >= 15 is 0 Å². The summed E-state index contributed by atoms with van der Waals surface area (Å²) in [4.78, 5) is 22.4. The van der Waals surface area contributed by atoms with Crippen molar-refractivity contribution in [2.45, 2.75) is 37.8 Å². The first-order valence-electron chi connectivity index (χ1n) is 10.2. The third kappa shape index (κ3) is 3.10. The number of rotatable bonds is 5. The van der Waals surface area contributed by atoms with Crippen molar-refractivity contribution in [3.8, 4) is 5.75 Å². The molecule has 1 saturated carbocycles. The fourth-order valence-corrected chi connectivity index (χ4v) is 4.07. The molecule has 0 aromatic carbocycles. The van der Waals surface area contributed by atoms with Gasteiger partial charge < -0.3 is 19.0 Å². The van der Waals surface area contributed by atoms with E-state index < -0.39 is 18.6 Å². The van der Waals surface area contributed by atoms with Crippen molar-refractivity contribution in [2.75, 3.05) is 6.54 Å². The summed E-state index contributed by atoms with van der Waals surface area (Å²) < 4.78 is 37.4. The van der Waals surface area contributed by atoms with Crippen LogP contribution in [0.4, 0.5) is 8.78 Å². The van der Waals surface area contributed by atoms with E-state index in [2.05, 4.69) is 30.0 Å². The Balaban J connectivity index is 1.42. The Labute approximate surface area is 179 Å². The lowest BCUT2D eigenvalue weighted by Gasteiger charge is -2.32. The molecule has 0 bridgehead atoms. The van der Waals surface area contributed by atoms with Gasteiger partial charge >= 0.3 is 18.4 Å². The summed E-state index contributed by atoms with van der Waals surface area (Å²) in [6, 6.07) is 3.96. The monoisotopic (exact) mass is 441 g/mol.